The van der Waals surface area contributed by atoms with Crippen molar-refractivity contribution in [2.45, 2.75) is 13.5 Å². The molecule has 0 saturated carbocycles. The van der Waals surface area contributed by atoms with Crippen molar-refractivity contribution in [2.24, 2.45) is 0 Å². The summed E-state index contributed by atoms with van der Waals surface area (Å²) >= 11 is 0. The lowest BCUT2D eigenvalue weighted by Gasteiger charge is -2.15. The molecule has 0 bridgehead atoms. The Morgan fingerprint density at radius 1 is 1.00 bits per heavy atom. The first kappa shape index (κ1) is 18.9. The largest absolute Gasteiger partial charge is 0.454 e. The van der Waals surface area contributed by atoms with E-state index < -0.39 is 0 Å². The molecule has 2 aliphatic heterocycles. The lowest BCUT2D eigenvalue weighted by Crippen LogP contribution is -2.32. The molecule has 3 heterocycles. The fraction of sp³-hybridized carbons (Fsp3) is 0.125. The minimum Gasteiger partial charge on any atom is -0.454 e. The molecule has 31 heavy (non-hydrogen) atoms. The summed E-state index contributed by atoms with van der Waals surface area (Å²) in [5, 5.41) is 3.15. The van der Waals surface area contributed by atoms with E-state index in [9.17, 15) is 9.59 Å². The summed E-state index contributed by atoms with van der Waals surface area (Å²) < 4.78 is 10.8. The van der Waals surface area contributed by atoms with Crippen LogP contribution in [0, 0.1) is 6.92 Å². The highest BCUT2D eigenvalue weighted by Crippen LogP contribution is 2.36. The molecule has 0 aliphatic carbocycles. The molecular formula is C24H19N3O4. The number of pyridine rings is 1. The number of anilines is 1. The van der Waals surface area contributed by atoms with Gasteiger partial charge < -0.3 is 14.8 Å². The number of hydrogen-bond acceptors (Lipinski definition) is 6. The maximum absolute atomic E-state index is 13.3. The number of imide groups is 1. The third-order valence-corrected chi connectivity index (χ3v) is 5.21. The summed E-state index contributed by atoms with van der Waals surface area (Å²) in [5.41, 5.74) is 3.73. The zero-order valence-electron chi connectivity index (χ0n) is 16.8. The van der Waals surface area contributed by atoms with Crippen LogP contribution in [0.15, 0.2) is 72.7 Å². The van der Waals surface area contributed by atoms with Crippen molar-refractivity contribution in [2.75, 3.05) is 12.1 Å². The smallest absolute Gasteiger partial charge is 0.278 e. The average molecular weight is 413 g/mol. The van der Waals surface area contributed by atoms with E-state index in [2.05, 4.69) is 10.3 Å². The maximum atomic E-state index is 13.3. The Morgan fingerprint density at radius 3 is 2.58 bits per heavy atom. The number of ether oxygens (including phenoxy) is 2. The van der Waals surface area contributed by atoms with E-state index in [0.717, 1.165) is 11.1 Å². The summed E-state index contributed by atoms with van der Waals surface area (Å²) in [6.07, 6.45) is 3.30. The Labute approximate surface area is 178 Å². The Balaban J connectivity index is 1.53. The van der Waals surface area contributed by atoms with Gasteiger partial charge in [-0.2, -0.15) is 0 Å². The predicted molar refractivity (Wildman–Crippen MR) is 114 cm³/mol. The van der Waals surface area contributed by atoms with Crippen molar-refractivity contribution in [1.29, 1.82) is 0 Å². The Morgan fingerprint density at radius 2 is 1.81 bits per heavy atom. The number of aromatic nitrogens is 1. The van der Waals surface area contributed by atoms with E-state index in [4.69, 9.17) is 9.47 Å². The van der Waals surface area contributed by atoms with Gasteiger partial charge in [0, 0.05) is 24.1 Å². The molecule has 5 rings (SSSR count). The van der Waals surface area contributed by atoms with Crippen molar-refractivity contribution in [3.05, 3.63) is 89.4 Å². The van der Waals surface area contributed by atoms with Crippen LogP contribution in [0.4, 0.5) is 5.69 Å². The molecule has 7 nitrogen and oxygen atoms in total. The van der Waals surface area contributed by atoms with Gasteiger partial charge in [0.05, 0.1) is 12.1 Å². The molecule has 2 aliphatic rings. The zero-order valence-corrected chi connectivity index (χ0v) is 16.8. The number of nitrogens with zero attached hydrogens (tertiary/aromatic N) is 2. The normalized spacial score (nSPS) is 15.1. The maximum Gasteiger partial charge on any atom is 0.278 e. The lowest BCUT2D eigenvalue weighted by molar-refractivity contribution is -0.137. The molecule has 0 radical (unpaired) electrons. The summed E-state index contributed by atoms with van der Waals surface area (Å²) in [4.78, 5) is 32.0. The molecule has 0 fully saturated rings. The predicted octanol–water partition coefficient (Wildman–Crippen LogP) is 3.51. The SMILES string of the molecule is Cc1ccc(C2=C(Nc3ccc4c(c3)OCO4)C(=O)N(Cc3cccnc3)C2=O)cc1. The highest BCUT2D eigenvalue weighted by atomic mass is 16.7. The van der Waals surface area contributed by atoms with Gasteiger partial charge in [0.2, 0.25) is 6.79 Å². The molecule has 154 valence electrons. The van der Waals surface area contributed by atoms with E-state index >= 15 is 0 Å². The molecule has 3 aromatic rings. The van der Waals surface area contributed by atoms with E-state index in [1.807, 2.05) is 37.3 Å². The van der Waals surface area contributed by atoms with Crippen LogP contribution in [-0.4, -0.2) is 28.5 Å². The van der Waals surface area contributed by atoms with Crippen molar-refractivity contribution >= 4 is 23.1 Å². The Hall–Kier alpha value is -4.13. The van der Waals surface area contributed by atoms with Crippen LogP contribution in [0.3, 0.4) is 0 Å². The first-order valence-corrected chi connectivity index (χ1v) is 9.83. The lowest BCUT2D eigenvalue weighted by atomic mass is 10.0. The van der Waals surface area contributed by atoms with Gasteiger partial charge in [-0.05, 0) is 36.2 Å². The number of carbonyl (C=O) groups is 2. The Kier molecular flexibility index (Phi) is 4.63. The van der Waals surface area contributed by atoms with Gasteiger partial charge in [-0.3, -0.25) is 19.5 Å². The minimum atomic E-state index is -0.387. The summed E-state index contributed by atoms with van der Waals surface area (Å²) in [6.45, 7) is 2.28. The molecule has 0 atom stereocenters. The van der Waals surface area contributed by atoms with Gasteiger partial charge in [0.25, 0.3) is 11.8 Å². The van der Waals surface area contributed by atoms with Crippen molar-refractivity contribution < 1.29 is 19.1 Å². The summed E-state index contributed by atoms with van der Waals surface area (Å²) in [6, 6.07) is 16.5. The zero-order chi connectivity index (χ0) is 21.4. The topological polar surface area (TPSA) is 80.8 Å². The van der Waals surface area contributed by atoms with Gasteiger partial charge in [-0.25, -0.2) is 0 Å². The van der Waals surface area contributed by atoms with Crippen LogP contribution in [0.25, 0.3) is 5.57 Å². The van der Waals surface area contributed by atoms with E-state index in [-0.39, 0.29) is 30.8 Å². The van der Waals surface area contributed by atoms with Crippen molar-refractivity contribution in [1.82, 2.24) is 9.88 Å². The van der Waals surface area contributed by atoms with Crippen LogP contribution >= 0.6 is 0 Å². The second-order valence-electron chi connectivity index (χ2n) is 7.37. The van der Waals surface area contributed by atoms with Crippen LogP contribution < -0.4 is 14.8 Å². The number of fused-ring (bicyclic) bond motifs is 1. The number of benzene rings is 2. The highest BCUT2D eigenvalue weighted by molar-refractivity contribution is 6.36. The van der Waals surface area contributed by atoms with E-state index in [0.29, 0.717) is 28.3 Å². The highest BCUT2D eigenvalue weighted by Gasteiger charge is 2.39. The van der Waals surface area contributed by atoms with Gasteiger partial charge in [0.1, 0.15) is 5.70 Å². The van der Waals surface area contributed by atoms with Crippen LogP contribution in [0.1, 0.15) is 16.7 Å². The van der Waals surface area contributed by atoms with Gasteiger partial charge in [-0.15, -0.1) is 0 Å². The molecule has 2 amide bonds. The van der Waals surface area contributed by atoms with Gasteiger partial charge >= 0.3 is 0 Å². The Bertz CT molecular complexity index is 1200. The fourth-order valence-electron chi connectivity index (χ4n) is 3.62. The summed E-state index contributed by atoms with van der Waals surface area (Å²) in [7, 11) is 0. The van der Waals surface area contributed by atoms with Crippen LogP contribution in [0.5, 0.6) is 11.5 Å². The number of aryl methyl sites for hydroxylation is 1. The number of hydrogen-bond donors (Lipinski definition) is 1. The monoisotopic (exact) mass is 413 g/mol. The van der Waals surface area contributed by atoms with Crippen molar-refractivity contribution in [3.8, 4) is 11.5 Å². The third kappa shape index (κ3) is 3.50. The van der Waals surface area contributed by atoms with Crippen molar-refractivity contribution in [3.63, 3.8) is 0 Å². The van der Waals surface area contributed by atoms with Crippen LogP contribution in [0.2, 0.25) is 0 Å². The number of carbonyl (C=O) groups excluding carboxylic acids is 2. The van der Waals surface area contributed by atoms with Gasteiger partial charge in [-0.1, -0.05) is 35.9 Å². The second kappa shape index (κ2) is 7.60. The molecule has 2 aromatic carbocycles. The third-order valence-electron chi connectivity index (χ3n) is 5.21. The second-order valence-corrected chi connectivity index (χ2v) is 7.37. The number of amides is 2. The number of rotatable bonds is 5. The number of nitrogens with one attached hydrogen (secondary N) is 1. The van der Waals surface area contributed by atoms with Gasteiger partial charge in [0.15, 0.2) is 11.5 Å². The average Bonchev–Trinajstić information content (AvgIpc) is 3.34. The molecule has 0 spiro atoms. The minimum absolute atomic E-state index is 0.146. The molecule has 1 aromatic heterocycles. The molecular weight excluding hydrogens is 394 g/mol. The standard InChI is InChI=1S/C24H19N3O4/c1-15-4-6-17(7-5-15)21-22(26-18-8-9-19-20(11-18)31-14-30-19)24(29)27(23(21)28)13-16-3-2-10-25-12-16/h2-12,26H,13-14H2,1H3. The van der Waals surface area contributed by atoms with E-state index in [1.165, 1.54) is 4.90 Å². The molecule has 7 heteroatoms. The fourth-order valence-corrected chi connectivity index (χ4v) is 3.62. The molecule has 0 unspecified atom stereocenters. The van der Waals surface area contributed by atoms with Crippen LogP contribution in [-0.2, 0) is 16.1 Å². The summed E-state index contributed by atoms with van der Waals surface area (Å²) in [5.74, 6) is 0.500. The first-order chi connectivity index (χ1) is 15.1. The first-order valence-electron chi connectivity index (χ1n) is 9.83. The van der Waals surface area contributed by atoms with E-state index in [1.54, 1.807) is 36.7 Å². The molecule has 1 N–H and O–H groups in total. The molecule has 0 saturated heterocycles. The quantitative estimate of drug-likeness (QED) is 0.645.